The minimum atomic E-state index is -1.25. The molecule has 0 fully saturated rings. The quantitative estimate of drug-likeness (QED) is 0.162. The Bertz CT molecular complexity index is 1370. The molecule has 0 saturated heterocycles. The van der Waals surface area contributed by atoms with Gasteiger partial charge in [-0.15, -0.1) is 0 Å². The van der Waals surface area contributed by atoms with Crippen LogP contribution in [0.1, 0.15) is 61.1 Å². The predicted molar refractivity (Wildman–Crippen MR) is 165 cm³/mol. The lowest BCUT2D eigenvalue weighted by molar-refractivity contribution is -0.139. The third kappa shape index (κ3) is 9.58. The van der Waals surface area contributed by atoms with Crippen molar-refractivity contribution in [3.05, 3.63) is 95.6 Å². The molecule has 0 aliphatic heterocycles. The van der Waals surface area contributed by atoms with Crippen LogP contribution in [-0.4, -0.2) is 54.9 Å². The molecule has 4 rings (SSSR count). The van der Waals surface area contributed by atoms with Gasteiger partial charge in [-0.3, -0.25) is 4.79 Å². The molecule has 0 bridgehead atoms. The number of nitrogens with one attached hydrogen (secondary N) is 3. The van der Waals surface area contributed by atoms with E-state index >= 15 is 0 Å². The Morgan fingerprint density at radius 1 is 0.705 bits per heavy atom. The van der Waals surface area contributed by atoms with Gasteiger partial charge in [0, 0.05) is 25.4 Å². The Morgan fingerprint density at radius 2 is 1.30 bits per heavy atom. The largest absolute Gasteiger partial charge is 0.480 e. The van der Waals surface area contributed by atoms with Crippen LogP contribution in [0, 0.1) is 0 Å². The van der Waals surface area contributed by atoms with E-state index in [1.54, 1.807) is 0 Å². The molecule has 0 saturated carbocycles. The molecule has 4 N–H and O–H groups in total. The van der Waals surface area contributed by atoms with Crippen LogP contribution < -0.4 is 16.0 Å². The Morgan fingerprint density at radius 3 is 1.93 bits per heavy atom. The maximum atomic E-state index is 12.5. The van der Waals surface area contributed by atoms with Gasteiger partial charge in [-0.05, 0) is 47.1 Å². The molecule has 3 aromatic carbocycles. The lowest BCUT2D eigenvalue weighted by Gasteiger charge is -2.17. The molecular weight excluding hydrogens is 562 g/mol. The standard InChI is InChI=1S/C34H39N3O7/c38-31(35-20-10-1-2-11-21-36-33(41)43-22-24-12-4-3-5-13-24)19-18-30(32(39)40)37-34(42)44-23-29-27-16-8-6-14-25(27)26-15-7-9-17-28(26)29/h3-9,12-17,29-30H,1-2,10-11,18-23H2,(H,35,38)(H,36,41)(H,37,42)(H,39,40)/t30-/m0/s1. The number of hydrogen-bond acceptors (Lipinski definition) is 6. The predicted octanol–water partition coefficient (Wildman–Crippen LogP) is 5.36. The summed E-state index contributed by atoms with van der Waals surface area (Å²) >= 11 is 0. The number of aliphatic carboxylic acids is 1. The van der Waals surface area contributed by atoms with Gasteiger partial charge in [0.1, 0.15) is 19.3 Å². The molecule has 3 aromatic rings. The highest BCUT2D eigenvalue weighted by Crippen LogP contribution is 2.44. The topological polar surface area (TPSA) is 143 Å². The number of carbonyl (C=O) groups excluding carboxylic acids is 3. The van der Waals surface area contributed by atoms with Crippen molar-refractivity contribution in [2.45, 2.75) is 57.1 Å². The fourth-order valence-electron chi connectivity index (χ4n) is 5.20. The zero-order chi connectivity index (χ0) is 31.1. The Balaban J connectivity index is 1.06. The summed E-state index contributed by atoms with van der Waals surface area (Å²) < 4.78 is 10.6. The lowest BCUT2D eigenvalue weighted by atomic mass is 9.98. The number of ether oxygens (including phenoxy) is 2. The molecule has 0 radical (unpaired) electrons. The molecule has 0 spiro atoms. The zero-order valence-corrected chi connectivity index (χ0v) is 24.6. The SMILES string of the molecule is O=C(CC[C@H](NC(=O)OCC1c2ccccc2-c2ccccc21)C(=O)O)NCCCCCCNC(=O)OCc1ccccc1. The average Bonchev–Trinajstić information content (AvgIpc) is 3.36. The molecule has 3 amide bonds. The summed E-state index contributed by atoms with van der Waals surface area (Å²) in [5, 5.41) is 17.5. The molecule has 44 heavy (non-hydrogen) atoms. The van der Waals surface area contributed by atoms with E-state index in [0.717, 1.165) is 53.5 Å². The van der Waals surface area contributed by atoms with Gasteiger partial charge in [-0.1, -0.05) is 91.7 Å². The molecule has 0 heterocycles. The van der Waals surface area contributed by atoms with Crippen molar-refractivity contribution >= 4 is 24.1 Å². The van der Waals surface area contributed by atoms with E-state index in [-0.39, 0.29) is 37.9 Å². The smallest absolute Gasteiger partial charge is 0.407 e. The van der Waals surface area contributed by atoms with Crippen LogP contribution in [0.4, 0.5) is 9.59 Å². The molecule has 1 atom stereocenters. The number of unbranched alkanes of at least 4 members (excludes halogenated alkanes) is 3. The van der Waals surface area contributed by atoms with Crippen LogP contribution in [-0.2, 0) is 25.7 Å². The van der Waals surface area contributed by atoms with Gasteiger partial charge in [0.05, 0.1) is 0 Å². The Hall–Kier alpha value is -4.86. The van der Waals surface area contributed by atoms with E-state index < -0.39 is 24.2 Å². The molecule has 1 aliphatic rings. The third-order valence-corrected chi connectivity index (χ3v) is 7.50. The molecule has 0 unspecified atom stereocenters. The number of carboxylic acid groups (broad SMARTS) is 1. The maximum absolute atomic E-state index is 12.5. The van der Waals surface area contributed by atoms with Gasteiger partial charge in [0.15, 0.2) is 0 Å². The van der Waals surface area contributed by atoms with Crippen molar-refractivity contribution in [2.75, 3.05) is 19.7 Å². The van der Waals surface area contributed by atoms with E-state index in [1.807, 2.05) is 78.9 Å². The second-order valence-electron chi connectivity index (χ2n) is 10.7. The molecule has 232 valence electrons. The number of alkyl carbamates (subject to hydrolysis) is 2. The molecular formula is C34H39N3O7. The molecule has 10 nitrogen and oxygen atoms in total. The van der Waals surface area contributed by atoms with Gasteiger partial charge >= 0.3 is 18.2 Å². The number of fused-ring (bicyclic) bond motifs is 3. The van der Waals surface area contributed by atoms with Gasteiger partial charge in [-0.25, -0.2) is 14.4 Å². The number of carboxylic acids is 1. The van der Waals surface area contributed by atoms with Crippen LogP contribution in [0.2, 0.25) is 0 Å². The summed E-state index contributed by atoms with van der Waals surface area (Å²) in [6.45, 7) is 1.27. The van der Waals surface area contributed by atoms with Crippen molar-refractivity contribution in [3.8, 4) is 11.1 Å². The van der Waals surface area contributed by atoms with Gasteiger partial charge in [0.25, 0.3) is 0 Å². The van der Waals surface area contributed by atoms with Crippen LogP contribution in [0.15, 0.2) is 78.9 Å². The fraction of sp³-hybridized carbons (Fsp3) is 0.353. The number of hydrogen-bond donors (Lipinski definition) is 4. The van der Waals surface area contributed by atoms with E-state index in [2.05, 4.69) is 16.0 Å². The third-order valence-electron chi connectivity index (χ3n) is 7.50. The van der Waals surface area contributed by atoms with Crippen LogP contribution in [0.3, 0.4) is 0 Å². The number of amides is 3. The first kappa shape index (κ1) is 32.1. The van der Waals surface area contributed by atoms with Crippen molar-refractivity contribution < 1.29 is 33.8 Å². The number of benzene rings is 3. The van der Waals surface area contributed by atoms with Gasteiger partial charge < -0.3 is 30.5 Å². The van der Waals surface area contributed by atoms with Crippen LogP contribution in [0.5, 0.6) is 0 Å². The summed E-state index contributed by atoms with van der Waals surface area (Å²) in [5.74, 6) is -1.66. The monoisotopic (exact) mass is 601 g/mol. The zero-order valence-electron chi connectivity index (χ0n) is 24.6. The maximum Gasteiger partial charge on any atom is 0.407 e. The van der Waals surface area contributed by atoms with Crippen molar-refractivity contribution in [1.82, 2.24) is 16.0 Å². The van der Waals surface area contributed by atoms with E-state index in [4.69, 9.17) is 9.47 Å². The minimum Gasteiger partial charge on any atom is -0.480 e. The number of rotatable bonds is 16. The minimum absolute atomic E-state index is 0.0460. The highest BCUT2D eigenvalue weighted by Gasteiger charge is 2.29. The first-order valence-corrected chi connectivity index (χ1v) is 15.0. The summed E-state index contributed by atoms with van der Waals surface area (Å²) in [5.41, 5.74) is 5.24. The van der Waals surface area contributed by atoms with E-state index in [1.165, 1.54) is 0 Å². The van der Waals surface area contributed by atoms with Gasteiger partial charge in [-0.2, -0.15) is 0 Å². The van der Waals surface area contributed by atoms with Crippen molar-refractivity contribution in [1.29, 1.82) is 0 Å². The highest BCUT2D eigenvalue weighted by molar-refractivity contribution is 5.82. The summed E-state index contributed by atoms with van der Waals surface area (Å²) in [7, 11) is 0. The first-order valence-electron chi connectivity index (χ1n) is 15.0. The summed E-state index contributed by atoms with van der Waals surface area (Å²) in [4.78, 5) is 48.2. The second kappa shape index (κ2) is 16.7. The first-order chi connectivity index (χ1) is 21.4. The summed E-state index contributed by atoms with van der Waals surface area (Å²) in [6, 6.07) is 24.1. The van der Waals surface area contributed by atoms with Crippen molar-refractivity contribution in [3.63, 3.8) is 0 Å². The molecule has 10 heteroatoms. The average molecular weight is 602 g/mol. The van der Waals surface area contributed by atoms with E-state index in [0.29, 0.717) is 13.1 Å². The molecule has 1 aliphatic carbocycles. The Labute approximate surface area is 257 Å². The lowest BCUT2D eigenvalue weighted by Crippen LogP contribution is -2.42. The van der Waals surface area contributed by atoms with Crippen molar-refractivity contribution in [2.24, 2.45) is 0 Å². The summed E-state index contributed by atoms with van der Waals surface area (Å²) in [6.07, 6.45) is 1.89. The molecule has 0 aromatic heterocycles. The van der Waals surface area contributed by atoms with E-state index in [9.17, 15) is 24.3 Å². The normalized spacial score (nSPS) is 12.4. The van der Waals surface area contributed by atoms with Crippen LogP contribution in [0.25, 0.3) is 11.1 Å². The Kier molecular flexibility index (Phi) is 12.2. The van der Waals surface area contributed by atoms with Gasteiger partial charge in [0.2, 0.25) is 5.91 Å². The fourth-order valence-corrected chi connectivity index (χ4v) is 5.20. The second-order valence-corrected chi connectivity index (χ2v) is 10.7. The number of carbonyl (C=O) groups is 4. The van der Waals surface area contributed by atoms with Crippen LogP contribution >= 0.6 is 0 Å². The highest BCUT2D eigenvalue weighted by atomic mass is 16.6.